The van der Waals surface area contributed by atoms with Crippen molar-refractivity contribution in [1.29, 1.82) is 0 Å². The first-order valence-electron chi connectivity index (χ1n) is 9.87. The van der Waals surface area contributed by atoms with Crippen LogP contribution in [0.25, 0.3) is 11.1 Å². The first-order valence-corrected chi connectivity index (χ1v) is 9.87. The molecule has 3 amide bonds. The van der Waals surface area contributed by atoms with E-state index in [0.717, 1.165) is 11.1 Å². The highest BCUT2D eigenvalue weighted by atomic mass is 16.2. The van der Waals surface area contributed by atoms with Gasteiger partial charge >= 0.3 is 0 Å². The van der Waals surface area contributed by atoms with Gasteiger partial charge in [0.25, 0.3) is 5.91 Å². The molecule has 1 aliphatic heterocycles. The minimum atomic E-state index is -0.840. The maximum Gasteiger partial charge on any atom is 0.256 e. The predicted molar refractivity (Wildman–Crippen MR) is 114 cm³/mol. The summed E-state index contributed by atoms with van der Waals surface area (Å²) in [5, 5.41) is 2.72. The van der Waals surface area contributed by atoms with Crippen molar-refractivity contribution < 1.29 is 14.4 Å². The average Bonchev–Trinajstić information content (AvgIpc) is 2.75. The lowest BCUT2D eigenvalue weighted by molar-refractivity contribution is -0.131. The largest absolute Gasteiger partial charge is 0.398 e. The molecule has 2 aromatic rings. The van der Waals surface area contributed by atoms with Crippen molar-refractivity contribution >= 4 is 29.1 Å². The fourth-order valence-electron chi connectivity index (χ4n) is 3.74. The predicted octanol–water partition coefficient (Wildman–Crippen LogP) is 3.46. The van der Waals surface area contributed by atoms with Gasteiger partial charge in [-0.25, -0.2) is 4.90 Å². The van der Waals surface area contributed by atoms with Gasteiger partial charge in [-0.3, -0.25) is 14.4 Å². The van der Waals surface area contributed by atoms with E-state index in [1.165, 1.54) is 4.90 Å². The summed E-state index contributed by atoms with van der Waals surface area (Å²) in [4.78, 5) is 40.0. The van der Waals surface area contributed by atoms with Crippen LogP contribution >= 0.6 is 0 Å². The van der Waals surface area contributed by atoms with Gasteiger partial charge in [-0.1, -0.05) is 44.2 Å². The summed E-state index contributed by atoms with van der Waals surface area (Å²) in [6, 6.07) is 11.9. The lowest BCUT2D eigenvalue weighted by Gasteiger charge is -2.26. The summed E-state index contributed by atoms with van der Waals surface area (Å²) in [6.07, 6.45) is 0.316. The molecule has 1 aliphatic rings. The summed E-state index contributed by atoms with van der Waals surface area (Å²) in [7, 11) is 0. The number of nitrogens with two attached hydrogens (primary N) is 1. The fraction of sp³-hybridized carbons (Fsp3) is 0.348. The number of amides is 3. The topological polar surface area (TPSA) is 92.5 Å². The van der Waals surface area contributed by atoms with Crippen LogP contribution in [0, 0.1) is 5.92 Å². The Morgan fingerprint density at radius 1 is 1.10 bits per heavy atom. The van der Waals surface area contributed by atoms with E-state index in [9.17, 15) is 14.4 Å². The first-order chi connectivity index (χ1) is 13.7. The summed E-state index contributed by atoms with van der Waals surface area (Å²) in [5.74, 6) is -1.38. The van der Waals surface area contributed by atoms with E-state index in [4.69, 9.17) is 5.73 Å². The molecule has 1 unspecified atom stereocenters. The maximum atomic E-state index is 13.3. The second-order valence-electron chi connectivity index (χ2n) is 7.95. The zero-order chi connectivity index (χ0) is 21.3. The van der Waals surface area contributed by atoms with Gasteiger partial charge in [-0.15, -0.1) is 0 Å². The van der Waals surface area contributed by atoms with E-state index in [1.807, 2.05) is 38.1 Å². The van der Waals surface area contributed by atoms with Crippen molar-refractivity contribution in [2.45, 2.75) is 46.1 Å². The molecule has 0 fully saturated rings. The van der Waals surface area contributed by atoms with Crippen LogP contribution in [0.5, 0.6) is 0 Å². The molecule has 2 aromatic carbocycles. The zero-order valence-corrected chi connectivity index (χ0v) is 17.2. The van der Waals surface area contributed by atoms with E-state index in [1.54, 1.807) is 32.0 Å². The van der Waals surface area contributed by atoms with Crippen LogP contribution in [-0.4, -0.2) is 23.8 Å². The number of imide groups is 1. The number of benzene rings is 2. The molecule has 2 atom stereocenters. The number of hydrogen-bond donors (Lipinski definition) is 2. The molecule has 3 rings (SSSR count). The van der Waals surface area contributed by atoms with E-state index >= 15 is 0 Å². The standard InChI is InChI=1S/C23H27N3O3/c1-13(2)12-20(27)25-15(4)23(29)26-19-11-7-10-18(24)21(19)17-9-6-5-8-16(17)14(3)22(26)28/h5-11,13-15H,12,24H2,1-4H3,(H,25,27)/t14?,15-/m0/s1. The highest BCUT2D eigenvalue weighted by Crippen LogP contribution is 2.43. The number of carbonyl (C=O) groups excluding carboxylic acids is 3. The van der Waals surface area contributed by atoms with Gasteiger partial charge in [0, 0.05) is 17.7 Å². The Morgan fingerprint density at radius 2 is 1.79 bits per heavy atom. The monoisotopic (exact) mass is 393 g/mol. The van der Waals surface area contributed by atoms with Crippen molar-refractivity contribution in [2.75, 3.05) is 10.6 Å². The molecule has 0 bridgehead atoms. The number of carbonyl (C=O) groups is 3. The molecule has 1 heterocycles. The van der Waals surface area contributed by atoms with Crippen molar-refractivity contribution in [3.05, 3.63) is 48.0 Å². The minimum Gasteiger partial charge on any atom is -0.398 e. The van der Waals surface area contributed by atoms with Gasteiger partial charge in [-0.2, -0.15) is 0 Å². The molecule has 3 N–H and O–H groups in total. The number of nitrogen functional groups attached to an aromatic ring is 1. The van der Waals surface area contributed by atoms with Gasteiger partial charge in [0.15, 0.2) is 0 Å². The van der Waals surface area contributed by atoms with E-state index in [2.05, 4.69) is 5.32 Å². The summed E-state index contributed by atoms with van der Waals surface area (Å²) in [6.45, 7) is 7.25. The van der Waals surface area contributed by atoms with E-state index in [-0.39, 0.29) is 17.7 Å². The smallest absolute Gasteiger partial charge is 0.256 e. The van der Waals surface area contributed by atoms with Crippen LogP contribution in [0.3, 0.4) is 0 Å². The third-order valence-electron chi connectivity index (χ3n) is 5.16. The molecule has 0 radical (unpaired) electrons. The van der Waals surface area contributed by atoms with Crippen LogP contribution in [0.4, 0.5) is 11.4 Å². The molecule has 152 valence electrons. The minimum absolute atomic E-state index is 0.173. The number of nitrogens with zero attached hydrogens (tertiary/aromatic N) is 1. The third-order valence-corrected chi connectivity index (χ3v) is 5.16. The molecule has 29 heavy (non-hydrogen) atoms. The Bertz CT molecular complexity index is 968. The van der Waals surface area contributed by atoms with Crippen LogP contribution in [-0.2, 0) is 14.4 Å². The SMILES string of the molecule is CC(C)CC(=O)N[C@@H](C)C(=O)N1C(=O)C(C)c2ccccc2-c2c(N)cccc21. The second-order valence-corrected chi connectivity index (χ2v) is 7.95. The Kier molecular flexibility index (Phi) is 5.73. The Labute approximate surface area is 171 Å². The highest BCUT2D eigenvalue weighted by Gasteiger charge is 2.37. The second kappa shape index (κ2) is 8.07. The molecule has 0 aromatic heterocycles. The lowest BCUT2D eigenvalue weighted by Crippen LogP contribution is -2.50. The number of nitrogens with one attached hydrogen (secondary N) is 1. The molecular formula is C23H27N3O3. The van der Waals surface area contributed by atoms with Gasteiger partial charge in [0.2, 0.25) is 11.8 Å². The Hall–Kier alpha value is -3.15. The van der Waals surface area contributed by atoms with Crippen LogP contribution in [0.1, 0.15) is 45.6 Å². The molecule has 0 spiro atoms. The highest BCUT2D eigenvalue weighted by molar-refractivity contribution is 6.22. The van der Waals surface area contributed by atoms with Crippen molar-refractivity contribution in [1.82, 2.24) is 5.32 Å². The van der Waals surface area contributed by atoms with Crippen LogP contribution in [0.15, 0.2) is 42.5 Å². The summed E-state index contributed by atoms with van der Waals surface area (Å²) in [5.41, 5.74) is 9.53. The van der Waals surface area contributed by atoms with Gasteiger partial charge in [0.05, 0.1) is 11.6 Å². The van der Waals surface area contributed by atoms with Gasteiger partial charge < -0.3 is 11.1 Å². The summed E-state index contributed by atoms with van der Waals surface area (Å²) >= 11 is 0. The van der Waals surface area contributed by atoms with Gasteiger partial charge in [-0.05, 0) is 43.0 Å². The average molecular weight is 393 g/mol. The van der Waals surface area contributed by atoms with Crippen molar-refractivity contribution in [3.8, 4) is 11.1 Å². The molecule has 6 nitrogen and oxygen atoms in total. The first kappa shape index (κ1) is 20.6. The number of fused-ring (bicyclic) bond motifs is 3. The number of hydrogen-bond acceptors (Lipinski definition) is 4. The van der Waals surface area contributed by atoms with Crippen LogP contribution in [0.2, 0.25) is 0 Å². The molecular weight excluding hydrogens is 366 g/mol. The quantitative estimate of drug-likeness (QED) is 0.778. The zero-order valence-electron chi connectivity index (χ0n) is 17.2. The van der Waals surface area contributed by atoms with E-state index < -0.39 is 17.9 Å². The van der Waals surface area contributed by atoms with Gasteiger partial charge in [0.1, 0.15) is 6.04 Å². The normalized spacial score (nSPS) is 16.7. The third kappa shape index (κ3) is 3.88. The van der Waals surface area contributed by atoms with Crippen molar-refractivity contribution in [2.24, 2.45) is 5.92 Å². The Morgan fingerprint density at radius 3 is 2.48 bits per heavy atom. The molecule has 0 saturated carbocycles. The summed E-state index contributed by atoms with van der Waals surface area (Å²) < 4.78 is 0. The molecule has 0 aliphatic carbocycles. The van der Waals surface area contributed by atoms with E-state index in [0.29, 0.717) is 23.4 Å². The number of anilines is 2. The number of rotatable bonds is 4. The molecule has 6 heteroatoms. The molecule has 0 saturated heterocycles. The van der Waals surface area contributed by atoms with Crippen LogP contribution < -0.4 is 16.0 Å². The lowest BCUT2D eigenvalue weighted by atomic mass is 9.92. The van der Waals surface area contributed by atoms with Crippen molar-refractivity contribution in [3.63, 3.8) is 0 Å². The maximum absolute atomic E-state index is 13.3. The Balaban J connectivity index is 2.06. The fourth-order valence-corrected chi connectivity index (χ4v) is 3.74.